The number of aromatic nitrogens is 1. The van der Waals surface area contributed by atoms with Gasteiger partial charge in [0.25, 0.3) is 5.91 Å². The van der Waals surface area contributed by atoms with Gasteiger partial charge in [-0.1, -0.05) is 0 Å². The predicted molar refractivity (Wildman–Crippen MR) is 76.2 cm³/mol. The molecule has 2 aromatic heterocycles. The van der Waals surface area contributed by atoms with Gasteiger partial charge in [0, 0.05) is 18.0 Å². The molecular formula is C14H14N2O4S. The number of thiazole rings is 1. The summed E-state index contributed by atoms with van der Waals surface area (Å²) in [6, 6.07) is 3.56. The Kier molecular flexibility index (Phi) is 3.50. The fourth-order valence-corrected chi connectivity index (χ4v) is 3.27. The highest BCUT2D eigenvalue weighted by molar-refractivity contribution is 7.15. The van der Waals surface area contributed by atoms with Gasteiger partial charge in [-0.15, -0.1) is 11.3 Å². The topological polar surface area (TPSA) is 83.6 Å². The molecule has 110 valence electrons. The van der Waals surface area contributed by atoms with Crippen LogP contribution in [0.15, 0.2) is 22.8 Å². The summed E-state index contributed by atoms with van der Waals surface area (Å²) in [5.74, 6) is -0.897. The van der Waals surface area contributed by atoms with E-state index in [1.165, 1.54) is 11.3 Å². The zero-order valence-electron chi connectivity index (χ0n) is 11.4. The molecule has 2 aromatic rings. The van der Waals surface area contributed by atoms with E-state index in [1.807, 2.05) is 6.92 Å². The SMILES string of the molecule is Cc1sc(-c2ccco2)nc1C(=O)N1CCC(C(=O)O)C1. The predicted octanol–water partition coefficient (Wildman–Crippen LogP) is 2.26. The van der Waals surface area contributed by atoms with Crippen molar-refractivity contribution in [1.29, 1.82) is 0 Å². The highest BCUT2D eigenvalue weighted by Gasteiger charge is 2.33. The number of nitrogens with zero attached hydrogens (tertiary/aromatic N) is 2. The summed E-state index contributed by atoms with van der Waals surface area (Å²) in [5, 5.41) is 9.67. The van der Waals surface area contributed by atoms with Crippen LogP contribution in [0, 0.1) is 12.8 Å². The standard InChI is InChI=1S/C14H14N2O4S/c1-8-11(15-12(21-8)10-3-2-6-20-10)13(17)16-5-4-9(7-16)14(18)19/h2-3,6,9H,4-5,7H2,1H3,(H,18,19). The van der Waals surface area contributed by atoms with Crippen molar-refractivity contribution in [2.45, 2.75) is 13.3 Å². The molecule has 1 aliphatic rings. The molecule has 1 unspecified atom stereocenters. The summed E-state index contributed by atoms with van der Waals surface area (Å²) >= 11 is 1.40. The second-order valence-electron chi connectivity index (χ2n) is 4.98. The van der Waals surface area contributed by atoms with E-state index in [2.05, 4.69) is 4.98 Å². The Morgan fingerprint density at radius 2 is 2.33 bits per heavy atom. The maximum absolute atomic E-state index is 12.5. The number of hydrogen-bond acceptors (Lipinski definition) is 5. The average Bonchev–Trinajstić information content (AvgIpc) is 3.18. The molecule has 0 aromatic carbocycles. The minimum atomic E-state index is -0.850. The number of hydrogen-bond donors (Lipinski definition) is 1. The van der Waals surface area contributed by atoms with Crippen LogP contribution in [0.1, 0.15) is 21.8 Å². The Bertz CT molecular complexity index is 677. The minimum Gasteiger partial charge on any atom is -0.481 e. The van der Waals surface area contributed by atoms with Gasteiger partial charge in [-0.2, -0.15) is 0 Å². The Balaban J connectivity index is 1.81. The summed E-state index contributed by atoms with van der Waals surface area (Å²) in [4.78, 5) is 30.2. The molecule has 1 atom stereocenters. The summed E-state index contributed by atoms with van der Waals surface area (Å²) < 4.78 is 5.29. The lowest BCUT2D eigenvalue weighted by molar-refractivity contribution is -0.141. The Morgan fingerprint density at radius 3 is 2.95 bits per heavy atom. The van der Waals surface area contributed by atoms with Gasteiger partial charge >= 0.3 is 5.97 Å². The van der Waals surface area contributed by atoms with Crippen LogP contribution in [0.4, 0.5) is 0 Å². The number of carboxylic acids is 1. The molecule has 0 radical (unpaired) electrons. The second kappa shape index (κ2) is 5.33. The van der Waals surface area contributed by atoms with Crippen LogP contribution in [0.2, 0.25) is 0 Å². The molecule has 1 aliphatic heterocycles. The summed E-state index contributed by atoms with van der Waals surface area (Å²) in [6.45, 7) is 2.55. The van der Waals surface area contributed by atoms with Crippen LogP contribution in [-0.2, 0) is 4.79 Å². The van der Waals surface area contributed by atoms with Gasteiger partial charge in [0.05, 0.1) is 12.2 Å². The van der Waals surface area contributed by atoms with Gasteiger partial charge in [-0.05, 0) is 25.5 Å². The summed E-state index contributed by atoms with van der Waals surface area (Å²) in [6.07, 6.45) is 2.06. The third kappa shape index (κ3) is 2.56. The first-order chi connectivity index (χ1) is 10.1. The van der Waals surface area contributed by atoms with Gasteiger partial charge < -0.3 is 14.4 Å². The highest BCUT2D eigenvalue weighted by Crippen LogP contribution is 2.29. The van der Waals surface area contributed by atoms with Gasteiger partial charge in [0.15, 0.2) is 10.8 Å². The van der Waals surface area contributed by atoms with Crippen LogP contribution in [0.3, 0.4) is 0 Å². The molecule has 21 heavy (non-hydrogen) atoms. The van der Waals surface area contributed by atoms with Crippen LogP contribution in [-0.4, -0.2) is 40.0 Å². The van der Waals surface area contributed by atoms with Gasteiger partial charge in [0.2, 0.25) is 0 Å². The van der Waals surface area contributed by atoms with Gasteiger partial charge in [-0.3, -0.25) is 9.59 Å². The van der Waals surface area contributed by atoms with Gasteiger partial charge in [0.1, 0.15) is 5.69 Å². The monoisotopic (exact) mass is 306 g/mol. The highest BCUT2D eigenvalue weighted by atomic mass is 32.1. The molecule has 7 heteroatoms. The van der Waals surface area contributed by atoms with Crippen molar-refractivity contribution in [2.24, 2.45) is 5.92 Å². The average molecular weight is 306 g/mol. The molecule has 1 saturated heterocycles. The normalized spacial score (nSPS) is 18.1. The van der Waals surface area contributed by atoms with Crippen molar-refractivity contribution in [3.8, 4) is 10.8 Å². The minimum absolute atomic E-state index is 0.203. The van der Waals surface area contributed by atoms with Crippen molar-refractivity contribution in [1.82, 2.24) is 9.88 Å². The summed E-state index contributed by atoms with van der Waals surface area (Å²) in [7, 11) is 0. The largest absolute Gasteiger partial charge is 0.481 e. The number of aryl methyl sites for hydroxylation is 1. The van der Waals surface area contributed by atoms with Crippen LogP contribution in [0.5, 0.6) is 0 Å². The summed E-state index contributed by atoms with van der Waals surface area (Å²) in [5.41, 5.74) is 0.387. The van der Waals surface area contributed by atoms with E-state index in [4.69, 9.17) is 9.52 Å². The third-order valence-corrected chi connectivity index (χ3v) is 4.54. The molecular weight excluding hydrogens is 292 g/mol. The molecule has 0 bridgehead atoms. The molecule has 1 amide bonds. The maximum atomic E-state index is 12.5. The third-order valence-electron chi connectivity index (χ3n) is 3.56. The first kappa shape index (κ1) is 13.8. The molecule has 6 nitrogen and oxygen atoms in total. The number of rotatable bonds is 3. The molecule has 0 aliphatic carbocycles. The molecule has 3 rings (SSSR count). The molecule has 0 saturated carbocycles. The lowest BCUT2D eigenvalue weighted by atomic mass is 10.1. The van der Waals surface area contributed by atoms with E-state index in [0.717, 1.165) is 4.88 Å². The van der Waals surface area contributed by atoms with E-state index < -0.39 is 11.9 Å². The Morgan fingerprint density at radius 1 is 1.52 bits per heavy atom. The van der Waals surface area contributed by atoms with Crippen LogP contribution in [0.25, 0.3) is 10.8 Å². The smallest absolute Gasteiger partial charge is 0.308 e. The zero-order valence-corrected chi connectivity index (χ0v) is 12.2. The van der Waals surface area contributed by atoms with Crippen LogP contribution < -0.4 is 0 Å². The first-order valence-electron chi connectivity index (χ1n) is 6.59. The number of carbonyl (C=O) groups excluding carboxylic acids is 1. The number of likely N-dealkylation sites (tertiary alicyclic amines) is 1. The van der Waals surface area contributed by atoms with Crippen molar-refractivity contribution in [2.75, 3.05) is 13.1 Å². The number of furan rings is 1. The Labute approximate surface area is 125 Å². The first-order valence-corrected chi connectivity index (χ1v) is 7.41. The Hall–Kier alpha value is -2.15. The molecule has 3 heterocycles. The van der Waals surface area contributed by atoms with Crippen molar-refractivity contribution in [3.05, 3.63) is 29.0 Å². The zero-order chi connectivity index (χ0) is 15.0. The van der Waals surface area contributed by atoms with Crippen LogP contribution >= 0.6 is 11.3 Å². The second-order valence-corrected chi connectivity index (χ2v) is 6.18. The number of carboxylic acid groups (broad SMARTS) is 1. The van der Waals surface area contributed by atoms with Crippen molar-refractivity contribution in [3.63, 3.8) is 0 Å². The van der Waals surface area contributed by atoms with E-state index in [1.54, 1.807) is 23.3 Å². The molecule has 1 N–H and O–H groups in total. The van der Waals surface area contributed by atoms with E-state index >= 15 is 0 Å². The fraction of sp³-hybridized carbons (Fsp3) is 0.357. The number of aliphatic carboxylic acids is 1. The van der Waals surface area contributed by atoms with Crippen molar-refractivity contribution < 1.29 is 19.1 Å². The lowest BCUT2D eigenvalue weighted by Gasteiger charge is -2.14. The fourth-order valence-electron chi connectivity index (χ4n) is 2.40. The van der Waals surface area contributed by atoms with Gasteiger partial charge in [-0.25, -0.2) is 4.98 Å². The number of carbonyl (C=O) groups is 2. The van der Waals surface area contributed by atoms with Crippen molar-refractivity contribution >= 4 is 23.2 Å². The van der Waals surface area contributed by atoms with E-state index in [9.17, 15) is 9.59 Å². The number of amides is 1. The molecule has 0 spiro atoms. The molecule has 1 fully saturated rings. The van der Waals surface area contributed by atoms with E-state index in [-0.39, 0.29) is 12.5 Å². The quantitative estimate of drug-likeness (QED) is 0.940. The maximum Gasteiger partial charge on any atom is 0.308 e. The van der Waals surface area contributed by atoms with E-state index in [0.29, 0.717) is 29.4 Å². The lowest BCUT2D eigenvalue weighted by Crippen LogP contribution is -2.30.